The van der Waals surface area contributed by atoms with Crippen LogP contribution in [0.5, 0.6) is 5.75 Å². The molecule has 134 valence electrons. The topological polar surface area (TPSA) is 18.5 Å². The highest BCUT2D eigenvalue weighted by Crippen LogP contribution is 2.23. The second-order valence-corrected chi connectivity index (χ2v) is 7.19. The van der Waals surface area contributed by atoms with E-state index in [-0.39, 0.29) is 0 Å². The zero-order valence-corrected chi connectivity index (χ0v) is 15.5. The molecule has 0 radical (unpaired) electrons. The van der Waals surface area contributed by atoms with Gasteiger partial charge in [-0.15, -0.1) is 0 Å². The first-order chi connectivity index (χ1) is 12.2. The minimum atomic E-state index is 0.749. The van der Waals surface area contributed by atoms with E-state index in [9.17, 15) is 0 Å². The lowest BCUT2D eigenvalue weighted by atomic mass is 10.1. The van der Waals surface area contributed by atoms with Crippen molar-refractivity contribution in [3.8, 4) is 5.75 Å². The Bertz CT molecular complexity index is 641. The molecule has 1 fully saturated rings. The normalized spacial score (nSPS) is 20.9. The monoisotopic (exact) mass is 340 g/mol. The second kappa shape index (κ2) is 8.50. The fraction of sp³-hybridized carbons (Fsp3) is 0.455. The molecule has 1 atom stereocenters. The summed E-state index contributed by atoms with van der Waals surface area (Å²) in [4.78, 5) is 0. The van der Waals surface area contributed by atoms with Crippen LogP contribution in [0.1, 0.15) is 23.1 Å². The fourth-order valence-electron chi connectivity index (χ4n) is 3.77. The summed E-state index contributed by atoms with van der Waals surface area (Å²) in [5, 5.41) is 0. The summed E-state index contributed by atoms with van der Waals surface area (Å²) in [7, 11) is 0. The van der Waals surface area contributed by atoms with Crippen molar-refractivity contribution in [1.82, 2.24) is 0 Å². The molecule has 1 heterocycles. The van der Waals surface area contributed by atoms with Crippen molar-refractivity contribution in [3.63, 3.8) is 0 Å². The van der Waals surface area contributed by atoms with E-state index in [1.165, 1.54) is 16.7 Å². The summed E-state index contributed by atoms with van der Waals surface area (Å²) in [6, 6.07) is 17.2. The van der Waals surface area contributed by atoms with Crippen LogP contribution in [-0.4, -0.2) is 43.9 Å². The minimum absolute atomic E-state index is 0.749. The second-order valence-electron chi connectivity index (χ2n) is 7.19. The van der Waals surface area contributed by atoms with Crippen LogP contribution >= 0.6 is 0 Å². The highest BCUT2D eigenvalue weighted by atomic mass is 16.5. The number of rotatable bonds is 6. The zero-order chi connectivity index (χ0) is 17.5. The summed E-state index contributed by atoms with van der Waals surface area (Å²) in [5.74, 6) is 1.05. The molecule has 3 nitrogen and oxygen atoms in total. The summed E-state index contributed by atoms with van der Waals surface area (Å²) in [6.07, 6.45) is 1.12. The maximum Gasteiger partial charge on any atom is 0.137 e. The van der Waals surface area contributed by atoms with E-state index in [1.807, 2.05) is 0 Å². The zero-order valence-electron chi connectivity index (χ0n) is 15.5. The fourth-order valence-corrected chi connectivity index (χ4v) is 3.77. The number of para-hydroxylation sites is 1. The Hall–Kier alpha value is -1.84. The molecule has 0 aliphatic carbocycles. The highest BCUT2D eigenvalue weighted by molar-refractivity contribution is 5.39. The first-order valence-electron chi connectivity index (χ1n) is 9.34. The molecule has 1 aliphatic rings. The molecule has 1 aliphatic heterocycles. The van der Waals surface area contributed by atoms with Gasteiger partial charge in [-0.3, -0.25) is 0 Å². The van der Waals surface area contributed by atoms with Gasteiger partial charge in [-0.1, -0.05) is 48.5 Å². The van der Waals surface area contributed by atoms with Gasteiger partial charge in [0, 0.05) is 12.0 Å². The predicted molar refractivity (Wildman–Crippen MR) is 102 cm³/mol. The molecule has 0 bridgehead atoms. The summed E-state index contributed by atoms with van der Waals surface area (Å²) in [6.45, 7) is 11.0. The molecule has 25 heavy (non-hydrogen) atoms. The first-order valence-corrected chi connectivity index (χ1v) is 9.34. The molecule has 1 unspecified atom stereocenters. The van der Waals surface area contributed by atoms with Crippen LogP contribution in [0, 0.1) is 13.8 Å². The molecule has 2 aromatic carbocycles. The third-order valence-corrected chi connectivity index (χ3v) is 5.21. The van der Waals surface area contributed by atoms with Gasteiger partial charge >= 0.3 is 0 Å². The first kappa shape index (κ1) is 18.0. The number of quaternary nitrogens is 1. The summed E-state index contributed by atoms with van der Waals surface area (Å²) >= 11 is 0. The maximum absolute atomic E-state index is 6.22. The Morgan fingerprint density at radius 3 is 2.44 bits per heavy atom. The average molecular weight is 340 g/mol. The largest absolute Gasteiger partial charge is 0.487 e. The van der Waals surface area contributed by atoms with Gasteiger partial charge in [-0.25, -0.2) is 0 Å². The van der Waals surface area contributed by atoms with Crippen molar-refractivity contribution >= 4 is 0 Å². The molecule has 3 rings (SSSR count). The molecular weight excluding hydrogens is 310 g/mol. The third-order valence-electron chi connectivity index (χ3n) is 5.21. The van der Waals surface area contributed by atoms with Gasteiger partial charge in [0.15, 0.2) is 0 Å². The van der Waals surface area contributed by atoms with Crippen molar-refractivity contribution in [1.29, 1.82) is 0 Å². The summed E-state index contributed by atoms with van der Waals surface area (Å²) in [5.41, 5.74) is 3.83. The lowest BCUT2D eigenvalue weighted by Gasteiger charge is -2.37. The van der Waals surface area contributed by atoms with Gasteiger partial charge in [0.2, 0.25) is 0 Å². The van der Waals surface area contributed by atoms with E-state index in [4.69, 9.17) is 9.47 Å². The van der Waals surface area contributed by atoms with Crippen LogP contribution in [0.2, 0.25) is 0 Å². The minimum Gasteiger partial charge on any atom is -0.487 e. The van der Waals surface area contributed by atoms with Crippen molar-refractivity contribution in [2.75, 3.05) is 39.5 Å². The standard InChI is InChI=1S/C22H30NO2/c1-19-8-6-9-20(2)22(19)25-17-14-23(12-7-15-24-16-13-23)18-21-10-4-3-5-11-21/h3-6,8-11H,7,12-18H2,1-2H3/q+1. The van der Waals surface area contributed by atoms with Crippen LogP contribution in [0.25, 0.3) is 0 Å². The molecule has 3 heteroatoms. The number of aryl methyl sites for hydroxylation is 2. The maximum atomic E-state index is 6.22. The SMILES string of the molecule is Cc1cccc(C)c1OCC[N+]1(Cc2ccccc2)CCCOCC1. The predicted octanol–water partition coefficient (Wildman–Crippen LogP) is 4.12. The Balaban J connectivity index is 1.69. The van der Waals surface area contributed by atoms with Crippen molar-refractivity contribution in [2.24, 2.45) is 0 Å². The van der Waals surface area contributed by atoms with E-state index >= 15 is 0 Å². The molecular formula is C22H30NO2+. The highest BCUT2D eigenvalue weighted by Gasteiger charge is 2.29. The lowest BCUT2D eigenvalue weighted by molar-refractivity contribution is -0.939. The lowest BCUT2D eigenvalue weighted by Crippen LogP contribution is -2.51. The Morgan fingerprint density at radius 2 is 1.68 bits per heavy atom. The van der Waals surface area contributed by atoms with Crippen molar-refractivity contribution < 1.29 is 14.0 Å². The van der Waals surface area contributed by atoms with E-state index < -0.39 is 0 Å². The van der Waals surface area contributed by atoms with Crippen LogP contribution in [0.15, 0.2) is 48.5 Å². The van der Waals surface area contributed by atoms with Gasteiger partial charge in [0.1, 0.15) is 32.0 Å². The van der Waals surface area contributed by atoms with E-state index in [1.54, 1.807) is 0 Å². The van der Waals surface area contributed by atoms with Gasteiger partial charge in [0.05, 0.1) is 19.8 Å². The third kappa shape index (κ3) is 4.83. The van der Waals surface area contributed by atoms with Gasteiger partial charge in [-0.05, 0) is 25.0 Å². The molecule has 0 saturated carbocycles. The average Bonchev–Trinajstić information content (AvgIpc) is 2.84. The Morgan fingerprint density at radius 1 is 0.920 bits per heavy atom. The van der Waals surface area contributed by atoms with Gasteiger partial charge in [0.25, 0.3) is 0 Å². The molecule has 0 N–H and O–H groups in total. The van der Waals surface area contributed by atoms with Crippen LogP contribution in [-0.2, 0) is 11.3 Å². The quantitative estimate of drug-likeness (QED) is 0.737. The van der Waals surface area contributed by atoms with E-state index in [2.05, 4.69) is 62.4 Å². The number of ether oxygens (including phenoxy) is 2. The number of nitrogens with zero attached hydrogens (tertiary/aromatic N) is 1. The van der Waals surface area contributed by atoms with Crippen LogP contribution < -0.4 is 4.74 Å². The number of hydrogen-bond donors (Lipinski definition) is 0. The van der Waals surface area contributed by atoms with Crippen LogP contribution in [0.4, 0.5) is 0 Å². The molecule has 0 aromatic heterocycles. The van der Waals surface area contributed by atoms with Crippen LogP contribution in [0.3, 0.4) is 0 Å². The molecule has 2 aromatic rings. The smallest absolute Gasteiger partial charge is 0.137 e. The van der Waals surface area contributed by atoms with Gasteiger partial charge in [-0.2, -0.15) is 0 Å². The number of benzene rings is 2. The Kier molecular flexibility index (Phi) is 6.11. The van der Waals surface area contributed by atoms with Crippen molar-refractivity contribution in [3.05, 3.63) is 65.2 Å². The molecule has 1 saturated heterocycles. The van der Waals surface area contributed by atoms with Gasteiger partial charge < -0.3 is 14.0 Å². The molecule has 0 spiro atoms. The van der Waals surface area contributed by atoms with Crippen molar-refractivity contribution in [2.45, 2.75) is 26.8 Å². The van der Waals surface area contributed by atoms with E-state index in [0.717, 1.165) is 62.7 Å². The number of hydrogen-bond acceptors (Lipinski definition) is 2. The molecule has 0 amide bonds. The Labute approximate surface area is 151 Å². The summed E-state index contributed by atoms with van der Waals surface area (Å²) < 4.78 is 13.0. The van der Waals surface area contributed by atoms with E-state index in [0.29, 0.717) is 0 Å².